The van der Waals surface area contributed by atoms with E-state index in [2.05, 4.69) is 41.5 Å². The second kappa shape index (κ2) is 52.0. The molecule has 5 atom stereocenters. The first kappa shape index (κ1) is 72.2. The van der Waals surface area contributed by atoms with Gasteiger partial charge in [0.1, 0.15) is 24.9 Å². The van der Waals surface area contributed by atoms with Crippen molar-refractivity contribution >= 4 is 29.8 Å². The van der Waals surface area contributed by atoms with Crippen LogP contribution in [-0.2, 0) is 47.7 Å². The van der Waals surface area contributed by atoms with Crippen LogP contribution in [0.1, 0.15) is 298 Å². The molecule has 1 amide bonds. The first-order valence-electron chi connectivity index (χ1n) is 31.3. The van der Waals surface area contributed by atoms with E-state index in [1.807, 2.05) is 19.0 Å². The Bertz CT molecular complexity index is 1360. The molecular formula is C62H118N2O11. The maximum Gasteiger partial charge on any atom is 0.306 e. The number of carbonyl (C=O) groups is 5. The van der Waals surface area contributed by atoms with Crippen LogP contribution < -0.4 is 0 Å². The van der Waals surface area contributed by atoms with E-state index in [0.29, 0.717) is 38.6 Å². The summed E-state index contributed by atoms with van der Waals surface area (Å²) in [6, 6.07) is -0.657. The van der Waals surface area contributed by atoms with Gasteiger partial charge in [0.2, 0.25) is 5.91 Å². The number of carbonyl (C=O) groups excluding carboxylic acids is 5. The number of aliphatic hydroxyl groups excluding tert-OH is 1. The van der Waals surface area contributed by atoms with Crippen LogP contribution in [0.3, 0.4) is 0 Å². The lowest BCUT2D eigenvalue weighted by Gasteiger charge is -2.32. The van der Waals surface area contributed by atoms with Crippen LogP contribution in [-0.4, -0.2) is 116 Å². The monoisotopic (exact) mass is 1070 g/mol. The van der Waals surface area contributed by atoms with E-state index in [4.69, 9.17) is 23.7 Å². The highest BCUT2D eigenvalue weighted by Crippen LogP contribution is 2.20. The third-order valence-electron chi connectivity index (χ3n) is 14.2. The molecule has 0 aromatic heterocycles. The predicted octanol–water partition coefficient (Wildman–Crippen LogP) is 15.1. The standard InChI is InChI=1S/C62H118N2O11/c1-9-15-18-29-40-54(37-12-4)73-60(68)45-34-27-23-21-25-32-43-58(66)71-51-53(64(50-36-49-63(7)8)57(65)47-48-62(70)75-56(39-14-6)42-31-20-17-11-3)52-72-59(67)44-33-26-22-24-28-35-46-61(69)74-55(38-13-5)41-30-19-16-10-2/h53-56,58,66H,9-52H2,1-8H3. The summed E-state index contributed by atoms with van der Waals surface area (Å²) in [4.78, 5) is 69.2. The minimum absolute atomic E-state index is 0.0252. The third-order valence-corrected chi connectivity index (χ3v) is 14.2. The molecule has 1 N–H and O–H groups in total. The fraction of sp³-hybridized carbons (Fsp3) is 0.919. The van der Waals surface area contributed by atoms with Crippen molar-refractivity contribution < 1.29 is 52.8 Å². The Labute approximate surface area is 460 Å². The van der Waals surface area contributed by atoms with Gasteiger partial charge in [0.05, 0.1) is 19.1 Å². The number of nitrogens with zero attached hydrogens (tertiary/aromatic N) is 2. The highest BCUT2D eigenvalue weighted by atomic mass is 16.6. The predicted molar refractivity (Wildman–Crippen MR) is 305 cm³/mol. The normalized spacial score (nSPS) is 13.5. The number of hydrogen-bond acceptors (Lipinski definition) is 12. The molecule has 0 saturated carbocycles. The molecule has 0 saturated heterocycles. The zero-order chi connectivity index (χ0) is 55.6. The van der Waals surface area contributed by atoms with Crippen LogP contribution in [0.5, 0.6) is 0 Å². The number of hydrogen-bond donors (Lipinski definition) is 1. The van der Waals surface area contributed by atoms with Gasteiger partial charge in [-0.25, -0.2) is 0 Å². The molecule has 0 spiro atoms. The fourth-order valence-electron chi connectivity index (χ4n) is 9.64. The summed E-state index contributed by atoms with van der Waals surface area (Å²) in [5.41, 5.74) is 0. The molecule has 0 aliphatic heterocycles. The van der Waals surface area contributed by atoms with Gasteiger partial charge >= 0.3 is 23.9 Å². The second-order valence-electron chi connectivity index (χ2n) is 21.9. The zero-order valence-electron chi connectivity index (χ0n) is 49.9. The SMILES string of the molecule is CCCCCCC(CCC)OC(=O)CCCCCCCCC(=O)OCC(COC(O)CCCCCCCCC(=O)OC(CCC)CCCCCC)N(CCCN(C)C)C(=O)CCC(=O)OC(CCC)CCCCCC. The Morgan fingerprint density at radius 1 is 0.373 bits per heavy atom. The number of amides is 1. The number of ether oxygens (including phenoxy) is 5. The van der Waals surface area contributed by atoms with Crippen LogP contribution in [0.2, 0.25) is 0 Å². The van der Waals surface area contributed by atoms with E-state index < -0.39 is 12.3 Å². The first-order valence-corrected chi connectivity index (χ1v) is 31.3. The molecule has 13 nitrogen and oxygen atoms in total. The van der Waals surface area contributed by atoms with E-state index in [-0.39, 0.29) is 80.6 Å². The van der Waals surface area contributed by atoms with E-state index in [1.165, 1.54) is 38.5 Å². The van der Waals surface area contributed by atoms with Gasteiger partial charge in [0.25, 0.3) is 0 Å². The van der Waals surface area contributed by atoms with E-state index in [1.54, 1.807) is 4.90 Å². The van der Waals surface area contributed by atoms with Gasteiger partial charge in [-0.05, 0) is 117 Å². The van der Waals surface area contributed by atoms with Gasteiger partial charge in [-0.3, -0.25) is 24.0 Å². The van der Waals surface area contributed by atoms with Crippen molar-refractivity contribution in [3.8, 4) is 0 Å². The molecule has 0 bridgehead atoms. The quantitative estimate of drug-likeness (QED) is 0.0266. The largest absolute Gasteiger partial charge is 0.463 e. The van der Waals surface area contributed by atoms with Crippen molar-refractivity contribution in [2.75, 3.05) is 40.4 Å². The summed E-state index contributed by atoms with van der Waals surface area (Å²) in [5, 5.41) is 11.0. The van der Waals surface area contributed by atoms with Crippen molar-refractivity contribution in [2.24, 2.45) is 0 Å². The molecule has 13 heteroatoms. The molecule has 0 heterocycles. The summed E-state index contributed by atoms with van der Waals surface area (Å²) >= 11 is 0. The Kier molecular flexibility index (Phi) is 50.0. The lowest BCUT2D eigenvalue weighted by atomic mass is 10.1. The van der Waals surface area contributed by atoms with Crippen LogP contribution >= 0.6 is 0 Å². The lowest BCUT2D eigenvalue weighted by Crippen LogP contribution is -2.47. The van der Waals surface area contributed by atoms with E-state index in [0.717, 1.165) is 173 Å². The maximum atomic E-state index is 14.1. The minimum atomic E-state index is -1.05. The Morgan fingerprint density at radius 3 is 1.16 bits per heavy atom. The number of rotatable bonds is 55. The Morgan fingerprint density at radius 2 is 0.747 bits per heavy atom. The van der Waals surface area contributed by atoms with Crippen molar-refractivity contribution in [1.29, 1.82) is 0 Å². The van der Waals surface area contributed by atoms with Crippen molar-refractivity contribution in [1.82, 2.24) is 9.80 Å². The topological polar surface area (TPSA) is 158 Å². The fourth-order valence-corrected chi connectivity index (χ4v) is 9.64. The van der Waals surface area contributed by atoms with Gasteiger partial charge in [-0.15, -0.1) is 0 Å². The van der Waals surface area contributed by atoms with Crippen molar-refractivity contribution in [3.05, 3.63) is 0 Å². The van der Waals surface area contributed by atoms with Crippen LogP contribution in [0.25, 0.3) is 0 Å². The van der Waals surface area contributed by atoms with Gasteiger partial charge < -0.3 is 38.6 Å². The molecule has 0 fully saturated rings. The highest BCUT2D eigenvalue weighted by molar-refractivity contribution is 5.81. The van der Waals surface area contributed by atoms with E-state index in [9.17, 15) is 29.1 Å². The number of aliphatic hydroxyl groups is 1. The van der Waals surface area contributed by atoms with Crippen LogP contribution in [0.15, 0.2) is 0 Å². The average Bonchev–Trinajstić information content (AvgIpc) is 3.37. The molecule has 0 aromatic carbocycles. The average molecular weight is 1070 g/mol. The molecular weight excluding hydrogens is 949 g/mol. The molecule has 442 valence electrons. The zero-order valence-corrected chi connectivity index (χ0v) is 49.9. The smallest absolute Gasteiger partial charge is 0.306 e. The summed E-state index contributed by atoms with van der Waals surface area (Å²) in [6.07, 6.45) is 33.8. The molecule has 0 aliphatic rings. The maximum absolute atomic E-state index is 14.1. The summed E-state index contributed by atoms with van der Waals surface area (Å²) < 4.78 is 29.4. The van der Waals surface area contributed by atoms with Gasteiger partial charge in [-0.1, -0.05) is 170 Å². The van der Waals surface area contributed by atoms with E-state index >= 15 is 0 Å². The molecule has 0 aliphatic carbocycles. The molecule has 5 unspecified atom stereocenters. The molecule has 0 radical (unpaired) electrons. The first-order chi connectivity index (χ1) is 36.3. The number of esters is 4. The van der Waals surface area contributed by atoms with Crippen LogP contribution in [0.4, 0.5) is 0 Å². The number of unbranched alkanes of at least 4 members (excludes halogenated alkanes) is 19. The Balaban J connectivity index is 5.37. The third kappa shape index (κ3) is 44.9. The molecule has 0 rings (SSSR count). The summed E-state index contributed by atoms with van der Waals surface area (Å²) in [7, 11) is 3.95. The minimum Gasteiger partial charge on any atom is -0.463 e. The summed E-state index contributed by atoms with van der Waals surface area (Å²) in [6.45, 7) is 13.9. The summed E-state index contributed by atoms with van der Waals surface area (Å²) in [5.74, 6) is -1.14. The second-order valence-corrected chi connectivity index (χ2v) is 21.9. The van der Waals surface area contributed by atoms with Gasteiger partial charge in [-0.2, -0.15) is 0 Å². The lowest BCUT2D eigenvalue weighted by molar-refractivity contribution is -0.158. The highest BCUT2D eigenvalue weighted by Gasteiger charge is 2.28. The van der Waals surface area contributed by atoms with Gasteiger partial charge in [0.15, 0.2) is 6.29 Å². The Hall–Kier alpha value is -2.77. The van der Waals surface area contributed by atoms with Crippen molar-refractivity contribution in [2.45, 2.75) is 329 Å². The van der Waals surface area contributed by atoms with Gasteiger partial charge in [0, 0.05) is 32.2 Å². The van der Waals surface area contributed by atoms with Crippen LogP contribution in [0, 0.1) is 0 Å². The molecule has 0 aromatic rings. The van der Waals surface area contributed by atoms with Crippen molar-refractivity contribution in [3.63, 3.8) is 0 Å². The molecule has 75 heavy (non-hydrogen) atoms.